The fourth-order valence-electron chi connectivity index (χ4n) is 2.00. The van der Waals surface area contributed by atoms with E-state index in [1.54, 1.807) is 7.11 Å². The van der Waals surface area contributed by atoms with E-state index in [1.165, 1.54) is 6.33 Å². The highest BCUT2D eigenvalue weighted by Crippen LogP contribution is 2.21. The van der Waals surface area contributed by atoms with Crippen molar-refractivity contribution in [3.05, 3.63) is 12.4 Å². The molecular weight excluding hydrogens is 204 g/mol. The molecule has 0 bridgehead atoms. The van der Waals surface area contributed by atoms with Gasteiger partial charge < -0.3 is 15.8 Å². The van der Waals surface area contributed by atoms with Gasteiger partial charge in [-0.25, -0.2) is 9.97 Å². The van der Waals surface area contributed by atoms with Crippen molar-refractivity contribution in [1.82, 2.24) is 9.97 Å². The minimum absolute atomic E-state index is 0.373. The van der Waals surface area contributed by atoms with E-state index in [1.807, 2.05) is 6.07 Å². The van der Waals surface area contributed by atoms with Gasteiger partial charge in [0.25, 0.3) is 0 Å². The lowest BCUT2D eigenvalue weighted by atomic mass is 9.92. The van der Waals surface area contributed by atoms with E-state index in [9.17, 15) is 0 Å². The average molecular weight is 222 g/mol. The molecule has 0 aliphatic heterocycles. The van der Waals surface area contributed by atoms with Crippen molar-refractivity contribution in [2.75, 3.05) is 12.4 Å². The molecule has 0 saturated heterocycles. The zero-order chi connectivity index (χ0) is 11.4. The molecule has 3 N–H and O–H groups in total. The lowest BCUT2D eigenvalue weighted by molar-refractivity contribution is 0.395. The van der Waals surface area contributed by atoms with Gasteiger partial charge in [0.05, 0.1) is 7.11 Å². The van der Waals surface area contributed by atoms with Crippen LogP contribution >= 0.6 is 0 Å². The van der Waals surface area contributed by atoms with Gasteiger partial charge in [0.2, 0.25) is 5.88 Å². The van der Waals surface area contributed by atoms with Crippen LogP contribution in [0.2, 0.25) is 0 Å². The van der Waals surface area contributed by atoms with Gasteiger partial charge in [-0.2, -0.15) is 0 Å². The molecule has 88 valence electrons. The Bertz CT molecular complexity index is 337. The number of nitrogens with two attached hydrogens (primary N) is 1. The van der Waals surface area contributed by atoms with Gasteiger partial charge in [-0.1, -0.05) is 0 Å². The molecule has 1 fully saturated rings. The normalized spacial score (nSPS) is 25.1. The van der Waals surface area contributed by atoms with Crippen molar-refractivity contribution >= 4 is 5.82 Å². The van der Waals surface area contributed by atoms with Crippen LogP contribution in [0.25, 0.3) is 0 Å². The molecule has 16 heavy (non-hydrogen) atoms. The monoisotopic (exact) mass is 222 g/mol. The standard InChI is InChI=1S/C11H18N4O/c1-16-11-6-10(13-7-14-11)15-9-4-2-8(12)3-5-9/h6-9H,2-5,12H2,1H3,(H,13,14,15). The smallest absolute Gasteiger partial charge is 0.218 e. The summed E-state index contributed by atoms with van der Waals surface area (Å²) >= 11 is 0. The molecule has 0 spiro atoms. The molecule has 5 nitrogen and oxygen atoms in total. The van der Waals surface area contributed by atoms with Crippen molar-refractivity contribution in [1.29, 1.82) is 0 Å². The van der Waals surface area contributed by atoms with Gasteiger partial charge in [-0.3, -0.25) is 0 Å². The number of rotatable bonds is 3. The van der Waals surface area contributed by atoms with Crippen LogP contribution in [0, 0.1) is 0 Å². The van der Waals surface area contributed by atoms with Crippen LogP contribution in [0.1, 0.15) is 25.7 Å². The van der Waals surface area contributed by atoms with Gasteiger partial charge in [0, 0.05) is 18.2 Å². The first-order chi connectivity index (χ1) is 7.78. The number of nitrogens with zero attached hydrogens (tertiary/aromatic N) is 2. The second-order valence-corrected chi connectivity index (χ2v) is 4.20. The molecule has 1 aromatic heterocycles. The Labute approximate surface area is 95.4 Å². The van der Waals surface area contributed by atoms with E-state index in [2.05, 4.69) is 15.3 Å². The molecule has 0 radical (unpaired) electrons. The van der Waals surface area contributed by atoms with Crippen LogP contribution in [0.15, 0.2) is 12.4 Å². The van der Waals surface area contributed by atoms with E-state index in [0.717, 1.165) is 31.5 Å². The second-order valence-electron chi connectivity index (χ2n) is 4.20. The Morgan fingerprint density at radius 2 is 2.06 bits per heavy atom. The number of anilines is 1. The molecule has 1 aliphatic carbocycles. The lowest BCUT2D eigenvalue weighted by Gasteiger charge is -2.27. The van der Waals surface area contributed by atoms with Crippen LogP contribution in [-0.2, 0) is 0 Å². The maximum atomic E-state index is 5.86. The minimum atomic E-state index is 0.373. The maximum Gasteiger partial charge on any atom is 0.218 e. The molecule has 5 heteroatoms. The van der Waals surface area contributed by atoms with E-state index in [0.29, 0.717) is 18.0 Å². The Hall–Kier alpha value is -1.36. The topological polar surface area (TPSA) is 73.1 Å². The average Bonchev–Trinajstić information content (AvgIpc) is 2.32. The van der Waals surface area contributed by atoms with Crippen molar-refractivity contribution in [2.24, 2.45) is 5.73 Å². The van der Waals surface area contributed by atoms with Crippen LogP contribution in [0.5, 0.6) is 5.88 Å². The molecule has 1 aromatic rings. The molecule has 0 unspecified atom stereocenters. The van der Waals surface area contributed by atoms with Crippen molar-refractivity contribution < 1.29 is 4.74 Å². The summed E-state index contributed by atoms with van der Waals surface area (Å²) in [6.07, 6.45) is 5.89. The Balaban J connectivity index is 1.93. The number of ether oxygens (including phenoxy) is 1. The molecule has 1 heterocycles. The number of hydrogen-bond donors (Lipinski definition) is 2. The van der Waals surface area contributed by atoms with Gasteiger partial charge in [-0.05, 0) is 25.7 Å². The summed E-state index contributed by atoms with van der Waals surface area (Å²) in [4.78, 5) is 8.14. The molecule has 0 amide bonds. The highest BCUT2D eigenvalue weighted by molar-refractivity contribution is 5.38. The summed E-state index contributed by atoms with van der Waals surface area (Å²) in [5.74, 6) is 1.41. The number of hydrogen-bond acceptors (Lipinski definition) is 5. The molecular formula is C11H18N4O. The third-order valence-electron chi connectivity index (χ3n) is 2.97. The minimum Gasteiger partial charge on any atom is -0.481 e. The maximum absolute atomic E-state index is 5.86. The largest absolute Gasteiger partial charge is 0.481 e. The van der Waals surface area contributed by atoms with E-state index < -0.39 is 0 Å². The van der Waals surface area contributed by atoms with Crippen molar-refractivity contribution in [3.8, 4) is 5.88 Å². The Morgan fingerprint density at radius 1 is 1.31 bits per heavy atom. The van der Waals surface area contributed by atoms with E-state index in [-0.39, 0.29) is 0 Å². The van der Waals surface area contributed by atoms with Crippen molar-refractivity contribution in [3.63, 3.8) is 0 Å². The fraction of sp³-hybridized carbons (Fsp3) is 0.636. The molecule has 1 saturated carbocycles. The summed E-state index contributed by atoms with van der Waals surface area (Å²) in [6, 6.07) is 2.66. The zero-order valence-corrected chi connectivity index (χ0v) is 9.52. The van der Waals surface area contributed by atoms with E-state index in [4.69, 9.17) is 10.5 Å². The predicted molar refractivity (Wildman–Crippen MR) is 62.4 cm³/mol. The Morgan fingerprint density at radius 3 is 2.75 bits per heavy atom. The number of methoxy groups -OCH3 is 1. The molecule has 0 atom stereocenters. The van der Waals surface area contributed by atoms with E-state index >= 15 is 0 Å². The summed E-state index contributed by atoms with van der Waals surface area (Å²) < 4.78 is 5.05. The first-order valence-corrected chi connectivity index (χ1v) is 5.66. The van der Waals surface area contributed by atoms with Crippen LogP contribution in [0.4, 0.5) is 5.82 Å². The SMILES string of the molecule is COc1cc(NC2CCC(N)CC2)ncn1. The highest BCUT2D eigenvalue weighted by Gasteiger charge is 2.18. The highest BCUT2D eigenvalue weighted by atomic mass is 16.5. The second kappa shape index (κ2) is 5.12. The first-order valence-electron chi connectivity index (χ1n) is 5.66. The molecule has 1 aliphatic rings. The Kier molecular flexibility index (Phi) is 3.56. The third-order valence-corrected chi connectivity index (χ3v) is 2.97. The molecule has 0 aromatic carbocycles. The summed E-state index contributed by atoms with van der Waals surface area (Å²) in [5.41, 5.74) is 5.86. The lowest BCUT2D eigenvalue weighted by Crippen LogP contribution is -2.33. The quantitative estimate of drug-likeness (QED) is 0.803. The van der Waals surface area contributed by atoms with Crippen LogP contribution in [0.3, 0.4) is 0 Å². The number of aromatic nitrogens is 2. The van der Waals surface area contributed by atoms with Crippen LogP contribution < -0.4 is 15.8 Å². The number of nitrogens with one attached hydrogen (secondary N) is 1. The third kappa shape index (κ3) is 2.82. The van der Waals surface area contributed by atoms with Gasteiger partial charge in [0.15, 0.2) is 0 Å². The summed E-state index contributed by atoms with van der Waals surface area (Å²) in [7, 11) is 1.60. The zero-order valence-electron chi connectivity index (χ0n) is 9.52. The summed E-state index contributed by atoms with van der Waals surface area (Å²) in [5, 5.41) is 3.39. The molecule has 2 rings (SSSR count). The van der Waals surface area contributed by atoms with Gasteiger partial charge in [0.1, 0.15) is 12.1 Å². The first kappa shape index (κ1) is 11.1. The fourth-order valence-corrected chi connectivity index (χ4v) is 2.00. The van der Waals surface area contributed by atoms with Crippen LogP contribution in [-0.4, -0.2) is 29.2 Å². The predicted octanol–water partition coefficient (Wildman–Crippen LogP) is 1.17. The van der Waals surface area contributed by atoms with Gasteiger partial charge in [-0.15, -0.1) is 0 Å². The van der Waals surface area contributed by atoms with Crippen molar-refractivity contribution in [2.45, 2.75) is 37.8 Å². The summed E-state index contributed by atoms with van der Waals surface area (Å²) in [6.45, 7) is 0. The van der Waals surface area contributed by atoms with Gasteiger partial charge >= 0.3 is 0 Å².